The Labute approximate surface area is 206 Å². The Balaban J connectivity index is 2.02. The van der Waals surface area contributed by atoms with E-state index in [1.165, 1.54) is 62.8 Å². The van der Waals surface area contributed by atoms with Crippen LogP contribution in [-0.2, 0) is 14.8 Å². The Morgan fingerprint density at radius 1 is 1.11 bits per heavy atom. The second-order valence-corrected chi connectivity index (χ2v) is 8.92. The summed E-state index contributed by atoms with van der Waals surface area (Å²) in [7, 11) is -1.98. The van der Waals surface area contributed by atoms with Gasteiger partial charge in [-0.3, -0.25) is 19.2 Å². The van der Waals surface area contributed by atoms with E-state index in [0.717, 1.165) is 18.3 Å². The maximum atomic E-state index is 13.8. The molecule has 3 aromatic rings. The SMILES string of the molecule is COc1ccc(N(CC(=O)N/N=C\c2ccccc2F)S(=O)(=O)c2ccccc2[N+](=O)[O-])c(OC)c1. The average Bonchev–Trinajstić information content (AvgIpc) is 2.88. The lowest BCUT2D eigenvalue weighted by atomic mass is 10.2. The van der Waals surface area contributed by atoms with Crippen molar-refractivity contribution in [2.24, 2.45) is 5.10 Å². The number of rotatable bonds is 10. The van der Waals surface area contributed by atoms with E-state index in [-0.39, 0.29) is 17.0 Å². The number of benzene rings is 3. The summed E-state index contributed by atoms with van der Waals surface area (Å²) in [5.41, 5.74) is 1.48. The van der Waals surface area contributed by atoms with Crippen LogP contribution in [0, 0.1) is 15.9 Å². The summed E-state index contributed by atoms with van der Waals surface area (Å²) in [5, 5.41) is 15.2. The Morgan fingerprint density at radius 3 is 2.47 bits per heavy atom. The fraction of sp³-hybridized carbons (Fsp3) is 0.130. The van der Waals surface area contributed by atoms with Crippen LogP contribution in [0.1, 0.15) is 5.56 Å². The first-order valence-electron chi connectivity index (χ1n) is 10.2. The molecule has 36 heavy (non-hydrogen) atoms. The number of nitro groups is 1. The van der Waals surface area contributed by atoms with Gasteiger partial charge in [-0.25, -0.2) is 18.2 Å². The van der Waals surface area contributed by atoms with E-state index >= 15 is 0 Å². The highest BCUT2D eigenvalue weighted by atomic mass is 32.2. The summed E-state index contributed by atoms with van der Waals surface area (Å²) in [6, 6.07) is 14.6. The highest BCUT2D eigenvalue weighted by Crippen LogP contribution is 2.37. The molecule has 0 aromatic heterocycles. The molecule has 0 aliphatic heterocycles. The molecule has 3 rings (SSSR count). The largest absolute Gasteiger partial charge is 0.497 e. The number of nitrogens with zero attached hydrogens (tertiary/aromatic N) is 3. The summed E-state index contributed by atoms with van der Waals surface area (Å²) in [5.74, 6) is -1.10. The normalized spacial score (nSPS) is 11.2. The van der Waals surface area contributed by atoms with E-state index in [4.69, 9.17) is 9.47 Å². The zero-order chi connectivity index (χ0) is 26.3. The third-order valence-corrected chi connectivity index (χ3v) is 6.68. The lowest BCUT2D eigenvalue weighted by molar-refractivity contribution is -0.387. The summed E-state index contributed by atoms with van der Waals surface area (Å²) >= 11 is 0. The monoisotopic (exact) mass is 516 g/mol. The number of halogens is 1. The molecule has 0 bridgehead atoms. The van der Waals surface area contributed by atoms with Gasteiger partial charge >= 0.3 is 0 Å². The van der Waals surface area contributed by atoms with Crippen LogP contribution in [0.4, 0.5) is 15.8 Å². The minimum atomic E-state index is -4.66. The molecular weight excluding hydrogens is 495 g/mol. The maximum absolute atomic E-state index is 13.8. The Bertz CT molecular complexity index is 1410. The lowest BCUT2D eigenvalue weighted by Gasteiger charge is -2.25. The van der Waals surface area contributed by atoms with Crippen molar-refractivity contribution in [3.05, 3.63) is 88.2 Å². The first-order valence-corrected chi connectivity index (χ1v) is 11.7. The van der Waals surface area contributed by atoms with Gasteiger partial charge in [0.25, 0.3) is 21.6 Å². The van der Waals surface area contributed by atoms with E-state index < -0.39 is 43.8 Å². The van der Waals surface area contributed by atoms with Gasteiger partial charge in [0.1, 0.15) is 23.9 Å². The predicted molar refractivity (Wildman–Crippen MR) is 129 cm³/mol. The molecule has 0 atom stereocenters. The number of nitro benzene ring substituents is 1. The quantitative estimate of drug-likeness (QED) is 0.248. The number of ether oxygens (including phenoxy) is 2. The fourth-order valence-corrected chi connectivity index (χ4v) is 4.75. The van der Waals surface area contributed by atoms with Gasteiger partial charge < -0.3 is 9.47 Å². The van der Waals surface area contributed by atoms with Crippen molar-refractivity contribution < 1.29 is 32.0 Å². The van der Waals surface area contributed by atoms with Gasteiger partial charge in [0.05, 0.1) is 31.0 Å². The molecule has 0 aliphatic carbocycles. The van der Waals surface area contributed by atoms with Gasteiger partial charge in [-0.1, -0.05) is 30.3 Å². The van der Waals surface area contributed by atoms with Crippen LogP contribution in [0.3, 0.4) is 0 Å². The Kier molecular flexibility index (Phi) is 8.17. The number of methoxy groups -OCH3 is 2. The number of hydrazone groups is 1. The summed E-state index contributed by atoms with van der Waals surface area (Å²) in [6.45, 7) is -0.828. The molecule has 13 heteroatoms. The lowest BCUT2D eigenvalue weighted by Crippen LogP contribution is -2.40. The zero-order valence-electron chi connectivity index (χ0n) is 19.1. The Hall–Kier alpha value is -4.52. The number of carbonyl (C=O) groups is 1. The second-order valence-electron chi connectivity index (χ2n) is 7.09. The van der Waals surface area contributed by atoms with Crippen LogP contribution < -0.4 is 19.2 Å². The minimum absolute atomic E-state index is 0.0270. The average molecular weight is 517 g/mol. The van der Waals surface area contributed by atoms with Crippen LogP contribution >= 0.6 is 0 Å². The van der Waals surface area contributed by atoms with Gasteiger partial charge in [-0.2, -0.15) is 5.10 Å². The van der Waals surface area contributed by atoms with Crippen molar-refractivity contribution in [3.63, 3.8) is 0 Å². The van der Waals surface area contributed by atoms with Crippen molar-refractivity contribution in [2.75, 3.05) is 25.1 Å². The number of amides is 1. The molecule has 188 valence electrons. The Morgan fingerprint density at radius 2 is 1.81 bits per heavy atom. The van der Waals surface area contributed by atoms with Crippen molar-refractivity contribution in [1.82, 2.24) is 5.43 Å². The smallest absolute Gasteiger partial charge is 0.289 e. The minimum Gasteiger partial charge on any atom is -0.497 e. The molecule has 0 spiro atoms. The van der Waals surface area contributed by atoms with E-state index in [1.54, 1.807) is 6.07 Å². The second kappa shape index (κ2) is 11.3. The van der Waals surface area contributed by atoms with Crippen LogP contribution in [0.2, 0.25) is 0 Å². The molecule has 0 aliphatic rings. The third kappa shape index (κ3) is 5.75. The van der Waals surface area contributed by atoms with E-state index in [0.29, 0.717) is 10.1 Å². The summed E-state index contributed by atoms with van der Waals surface area (Å²) in [6.07, 6.45) is 1.06. The van der Waals surface area contributed by atoms with Gasteiger partial charge in [0.2, 0.25) is 0 Å². The molecule has 0 unspecified atom stereocenters. The molecular formula is C23H21FN4O7S. The number of carbonyl (C=O) groups excluding carboxylic acids is 1. The van der Waals surface area contributed by atoms with Gasteiger partial charge in [-0.15, -0.1) is 0 Å². The van der Waals surface area contributed by atoms with Crippen LogP contribution in [-0.4, -0.2) is 46.2 Å². The van der Waals surface area contributed by atoms with Crippen molar-refractivity contribution in [3.8, 4) is 11.5 Å². The molecule has 11 nitrogen and oxygen atoms in total. The molecule has 0 saturated heterocycles. The molecule has 3 aromatic carbocycles. The molecule has 0 saturated carbocycles. The predicted octanol–water partition coefficient (Wildman–Crippen LogP) is 3.10. The van der Waals surface area contributed by atoms with Gasteiger partial charge in [0.15, 0.2) is 4.90 Å². The van der Waals surface area contributed by atoms with Crippen LogP contribution in [0.5, 0.6) is 11.5 Å². The van der Waals surface area contributed by atoms with Crippen molar-refractivity contribution in [1.29, 1.82) is 0 Å². The van der Waals surface area contributed by atoms with E-state index in [1.807, 2.05) is 0 Å². The standard InChI is InChI=1S/C23H21FN4O7S/c1-34-17-11-12-19(21(13-17)35-2)27(36(32,33)22-10-6-5-9-20(22)28(30)31)15-23(29)26-25-14-16-7-3-4-8-18(16)24/h3-14H,15H2,1-2H3,(H,26,29)/b25-14-. The fourth-order valence-electron chi connectivity index (χ4n) is 3.15. The van der Waals surface area contributed by atoms with Crippen LogP contribution in [0.15, 0.2) is 76.7 Å². The highest BCUT2D eigenvalue weighted by Gasteiger charge is 2.34. The molecule has 1 N–H and O–H groups in total. The van der Waals surface area contributed by atoms with E-state index in [2.05, 4.69) is 10.5 Å². The topological polar surface area (TPSA) is 140 Å². The van der Waals surface area contributed by atoms with Gasteiger partial charge in [-0.05, 0) is 24.3 Å². The highest BCUT2D eigenvalue weighted by molar-refractivity contribution is 7.93. The number of anilines is 1. The molecule has 0 heterocycles. The van der Waals surface area contributed by atoms with Crippen molar-refractivity contribution in [2.45, 2.75) is 4.90 Å². The van der Waals surface area contributed by atoms with Gasteiger partial charge in [0, 0.05) is 17.7 Å². The molecule has 0 radical (unpaired) electrons. The number of hydrogen-bond acceptors (Lipinski definition) is 8. The summed E-state index contributed by atoms with van der Waals surface area (Å²) in [4.78, 5) is 22.7. The van der Waals surface area contributed by atoms with Crippen LogP contribution in [0.25, 0.3) is 0 Å². The van der Waals surface area contributed by atoms with E-state index in [9.17, 15) is 27.7 Å². The molecule has 1 amide bonds. The third-order valence-electron chi connectivity index (χ3n) is 4.87. The molecule has 0 fully saturated rings. The van der Waals surface area contributed by atoms with Crippen molar-refractivity contribution >= 4 is 33.5 Å². The zero-order valence-corrected chi connectivity index (χ0v) is 19.9. The number of para-hydroxylation sites is 1. The number of sulfonamides is 1. The first-order chi connectivity index (χ1) is 17.2. The first kappa shape index (κ1) is 26.1. The summed E-state index contributed by atoms with van der Waals surface area (Å²) < 4.78 is 52.1. The maximum Gasteiger partial charge on any atom is 0.289 e. The number of nitrogens with one attached hydrogen (secondary N) is 1. The number of hydrogen-bond donors (Lipinski definition) is 1.